The molecule has 6 atom stereocenters. The first-order valence-electron chi connectivity index (χ1n) is 12.6. The number of esters is 1. The van der Waals surface area contributed by atoms with Crippen LogP contribution in [0.15, 0.2) is 36.5 Å². The van der Waals surface area contributed by atoms with Crippen LogP contribution in [0.3, 0.4) is 0 Å². The summed E-state index contributed by atoms with van der Waals surface area (Å²) in [6, 6.07) is 0. The molecule has 0 radical (unpaired) electrons. The second kappa shape index (κ2) is 9.08. The van der Waals surface area contributed by atoms with Gasteiger partial charge in [-0.25, -0.2) is 0 Å². The Kier molecular flexibility index (Phi) is 6.60. The van der Waals surface area contributed by atoms with Crippen molar-refractivity contribution in [3.05, 3.63) is 36.5 Å². The van der Waals surface area contributed by atoms with Gasteiger partial charge in [0.15, 0.2) is 5.78 Å². The van der Waals surface area contributed by atoms with Gasteiger partial charge in [0.1, 0.15) is 6.10 Å². The van der Waals surface area contributed by atoms with E-state index in [0.717, 1.165) is 38.5 Å². The monoisotopic (exact) mass is 424 g/mol. The van der Waals surface area contributed by atoms with E-state index in [2.05, 4.69) is 26.5 Å². The van der Waals surface area contributed by atoms with Gasteiger partial charge in [-0.3, -0.25) is 9.59 Å². The van der Waals surface area contributed by atoms with Gasteiger partial charge in [0.25, 0.3) is 0 Å². The maximum Gasteiger partial charge on any atom is 0.306 e. The molecule has 3 saturated carbocycles. The first kappa shape index (κ1) is 22.6. The Hall–Kier alpha value is -1.64. The number of hydrogen-bond donors (Lipinski definition) is 0. The molecule has 4 aliphatic rings. The lowest BCUT2D eigenvalue weighted by atomic mass is 9.48. The highest BCUT2D eigenvalue weighted by Crippen LogP contribution is 2.64. The Labute approximate surface area is 188 Å². The molecule has 0 saturated heterocycles. The van der Waals surface area contributed by atoms with E-state index in [0.29, 0.717) is 24.2 Å². The summed E-state index contributed by atoms with van der Waals surface area (Å²) in [5.41, 5.74) is 1.50. The molecule has 4 aliphatic carbocycles. The minimum Gasteiger partial charge on any atom is -0.462 e. The molecule has 0 aromatic rings. The molecule has 0 aromatic heterocycles. The number of carbonyl (C=O) groups is 2. The van der Waals surface area contributed by atoms with E-state index >= 15 is 0 Å². The van der Waals surface area contributed by atoms with E-state index in [9.17, 15) is 9.59 Å². The zero-order valence-electron chi connectivity index (χ0n) is 19.5. The van der Waals surface area contributed by atoms with E-state index < -0.39 is 0 Å². The second-order valence-electron chi connectivity index (χ2n) is 10.9. The van der Waals surface area contributed by atoms with Crippen LogP contribution in [0.25, 0.3) is 0 Å². The van der Waals surface area contributed by atoms with Gasteiger partial charge in [0.2, 0.25) is 0 Å². The predicted molar refractivity (Wildman–Crippen MR) is 124 cm³/mol. The number of ketones is 1. The molecule has 0 aliphatic heterocycles. The molecule has 0 unspecified atom stereocenters. The summed E-state index contributed by atoms with van der Waals surface area (Å²) in [6.07, 6.45) is 20.6. The molecule has 0 spiro atoms. The van der Waals surface area contributed by atoms with Gasteiger partial charge in [-0.2, -0.15) is 0 Å². The Morgan fingerprint density at radius 2 is 1.94 bits per heavy atom. The van der Waals surface area contributed by atoms with Crippen molar-refractivity contribution in [1.29, 1.82) is 0 Å². The highest BCUT2D eigenvalue weighted by molar-refractivity contribution is 6.01. The summed E-state index contributed by atoms with van der Waals surface area (Å²) in [4.78, 5) is 24.5. The van der Waals surface area contributed by atoms with Crippen LogP contribution < -0.4 is 0 Å². The first-order chi connectivity index (χ1) is 14.9. The van der Waals surface area contributed by atoms with Crippen LogP contribution in [0.2, 0.25) is 0 Å². The van der Waals surface area contributed by atoms with Crippen LogP contribution in [0.1, 0.15) is 90.9 Å². The molecule has 0 heterocycles. The standard InChI is InChI=1S/C28H40O3/c1-4-5-6-7-8-9-10-26(30)31-25-14-13-23-22-12-11-20-19-21(29)15-17-27(20,2)24(22)16-18-28(23,25)3/h4,15,17,19,22-25H,1,5-14,16,18H2,2-3H3/t22-,23-,24-,25-,27-,28-/m0/s1. The highest BCUT2D eigenvalue weighted by atomic mass is 16.5. The van der Waals surface area contributed by atoms with Crippen molar-refractivity contribution in [2.24, 2.45) is 28.6 Å². The quantitative estimate of drug-likeness (QED) is 0.246. The third-order valence-electron chi connectivity index (χ3n) is 9.28. The number of allylic oxidation sites excluding steroid dienone is 5. The molecular formula is C28H40O3. The van der Waals surface area contributed by atoms with Gasteiger partial charge in [0, 0.05) is 17.3 Å². The van der Waals surface area contributed by atoms with Crippen molar-refractivity contribution in [2.45, 2.75) is 97.0 Å². The average Bonchev–Trinajstić information content (AvgIpc) is 3.07. The lowest BCUT2D eigenvalue weighted by Gasteiger charge is -2.56. The van der Waals surface area contributed by atoms with Crippen LogP contribution >= 0.6 is 0 Å². The Morgan fingerprint density at radius 3 is 2.74 bits per heavy atom. The van der Waals surface area contributed by atoms with Gasteiger partial charge in [-0.1, -0.05) is 44.4 Å². The number of rotatable bonds is 8. The van der Waals surface area contributed by atoms with Crippen molar-refractivity contribution in [3.63, 3.8) is 0 Å². The van der Waals surface area contributed by atoms with E-state index in [-0.39, 0.29) is 28.7 Å². The zero-order chi connectivity index (χ0) is 22.1. The van der Waals surface area contributed by atoms with E-state index in [1.165, 1.54) is 37.7 Å². The summed E-state index contributed by atoms with van der Waals surface area (Å²) >= 11 is 0. The third-order valence-corrected chi connectivity index (χ3v) is 9.28. The van der Waals surface area contributed by atoms with E-state index in [1.54, 1.807) is 6.08 Å². The van der Waals surface area contributed by atoms with Gasteiger partial charge in [-0.05, 0) is 87.7 Å². The molecule has 0 bridgehead atoms. The molecule has 170 valence electrons. The second-order valence-corrected chi connectivity index (χ2v) is 10.9. The highest BCUT2D eigenvalue weighted by Gasteiger charge is 2.59. The zero-order valence-corrected chi connectivity index (χ0v) is 19.5. The van der Waals surface area contributed by atoms with Crippen molar-refractivity contribution < 1.29 is 14.3 Å². The molecule has 0 aromatic carbocycles. The normalized spacial score (nSPS) is 38.6. The van der Waals surface area contributed by atoms with Gasteiger partial charge < -0.3 is 4.74 Å². The fraction of sp³-hybridized carbons (Fsp3) is 0.714. The molecule has 3 fully saturated rings. The average molecular weight is 425 g/mol. The van der Waals surface area contributed by atoms with Crippen molar-refractivity contribution in [2.75, 3.05) is 0 Å². The van der Waals surface area contributed by atoms with Crippen molar-refractivity contribution in [1.82, 2.24) is 0 Å². The molecular weight excluding hydrogens is 384 g/mol. The van der Waals surface area contributed by atoms with Crippen LogP contribution in [0.4, 0.5) is 0 Å². The summed E-state index contributed by atoms with van der Waals surface area (Å²) in [5, 5.41) is 0. The first-order valence-corrected chi connectivity index (χ1v) is 12.6. The number of ether oxygens (including phenoxy) is 1. The number of unbranched alkanes of at least 4 members (excludes halogenated alkanes) is 4. The Balaban J connectivity index is 1.36. The molecule has 4 rings (SSSR count). The van der Waals surface area contributed by atoms with E-state index in [1.807, 2.05) is 12.2 Å². The largest absolute Gasteiger partial charge is 0.462 e. The lowest BCUT2D eigenvalue weighted by Crippen LogP contribution is -2.51. The van der Waals surface area contributed by atoms with Gasteiger partial charge in [0.05, 0.1) is 0 Å². The predicted octanol–water partition coefficient (Wildman–Crippen LogP) is 6.73. The number of carbonyl (C=O) groups excluding carboxylic acids is 2. The molecule has 31 heavy (non-hydrogen) atoms. The Bertz CT molecular complexity index is 777. The maximum absolute atomic E-state index is 12.6. The fourth-order valence-corrected chi connectivity index (χ4v) is 7.47. The summed E-state index contributed by atoms with van der Waals surface area (Å²) in [5.74, 6) is 2.08. The number of fused-ring (bicyclic) bond motifs is 5. The van der Waals surface area contributed by atoms with Gasteiger partial charge in [-0.15, -0.1) is 6.58 Å². The third kappa shape index (κ3) is 4.22. The SMILES string of the molecule is C=CCCCCCCC(=O)O[C@H]1CC[C@H]2[C@@H]3CCC4=CC(=O)C=C[C@]4(C)[C@H]3CC[C@]12C. The molecule has 3 heteroatoms. The smallest absolute Gasteiger partial charge is 0.306 e. The van der Waals surface area contributed by atoms with Crippen molar-refractivity contribution in [3.8, 4) is 0 Å². The topological polar surface area (TPSA) is 43.4 Å². The maximum atomic E-state index is 12.6. The minimum absolute atomic E-state index is 0.00673. The van der Waals surface area contributed by atoms with Crippen LogP contribution in [-0.2, 0) is 14.3 Å². The van der Waals surface area contributed by atoms with Gasteiger partial charge >= 0.3 is 5.97 Å². The molecule has 0 amide bonds. The van der Waals surface area contributed by atoms with E-state index in [4.69, 9.17) is 4.74 Å². The number of hydrogen-bond acceptors (Lipinski definition) is 3. The summed E-state index contributed by atoms with van der Waals surface area (Å²) in [6.45, 7) is 8.50. The van der Waals surface area contributed by atoms with Crippen LogP contribution in [-0.4, -0.2) is 17.9 Å². The summed E-state index contributed by atoms with van der Waals surface area (Å²) < 4.78 is 6.11. The lowest BCUT2D eigenvalue weighted by molar-refractivity contribution is -0.159. The molecule has 0 N–H and O–H groups in total. The van der Waals surface area contributed by atoms with Crippen LogP contribution in [0.5, 0.6) is 0 Å². The minimum atomic E-state index is 0.00673. The Morgan fingerprint density at radius 1 is 1.13 bits per heavy atom. The molecule has 3 nitrogen and oxygen atoms in total. The van der Waals surface area contributed by atoms with Crippen LogP contribution in [0, 0.1) is 28.6 Å². The fourth-order valence-electron chi connectivity index (χ4n) is 7.47. The van der Waals surface area contributed by atoms with Crippen molar-refractivity contribution >= 4 is 11.8 Å². The summed E-state index contributed by atoms with van der Waals surface area (Å²) in [7, 11) is 0.